The zero-order chi connectivity index (χ0) is 12.4. The summed E-state index contributed by atoms with van der Waals surface area (Å²) in [5, 5.41) is 0. The predicted octanol–water partition coefficient (Wildman–Crippen LogP) is 1.59. The number of hydrogen-bond donors (Lipinski definition) is 0. The average molecular weight is 231 g/mol. The SMILES string of the molecule is CC(=O)c1ccc(N2CCC(=O)CC2=O)cc1. The van der Waals surface area contributed by atoms with Gasteiger partial charge >= 0.3 is 0 Å². The summed E-state index contributed by atoms with van der Waals surface area (Å²) in [5.74, 6) is -0.180. The number of carbonyl (C=O) groups excluding carboxylic acids is 3. The van der Waals surface area contributed by atoms with Gasteiger partial charge in [-0.3, -0.25) is 14.4 Å². The van der Waals surface area contributed by atoms with Gasteiger partial charge in [0.05, 0.1) is 6.42 Å². The maximum atomic E-state index is 11.7. The molecule has 0 aliphatic carbocycles. The highest BCUT2D eigenvalue weighted by Crippen LogP contribution is 2.20. The molecule has 1 amide bonds. The number of amides is 1. The van der Waals surface area contributed by atoms with E-state index in [0.717, 1.165) is 5.69 Å². The number of anilines is 1. The first-order valence-electron chi connectivity index (χ1n) is 5.51. The van der Waals surface area contributed by atoms with Gasteiger partial charge in [0.15, 0.2) is 5.78 Å². The Hall–Kier alpha value is -1.97. The third-order valence-corrected chi connectivity index (χ3v) is 2.85. The van der Waals surface area contributed by atoms with Crippen LogP contribution in [0.4, 0.5) is 5.69 Å². The molecule has 0 spiro atoms. The molecule has 1 fully saturated rings. The van der Waals surface area contributed by atoms with E-state index in [1.54, 1.807) is 29.2 Å². The van der Waals surface area contributed by atoms with E-state index < -0.39 is 0 Å². The van der Waals surface area contributed by atoms with Crippen molar-refractivity contribution in [1.82, 2.24) is 0 Å². The van der Waals surface area contributed by atoms with Gasteiger partial charge in [-0.1, -0.05) is 0 Å². The van der Waals surface area contributed by atoms with E-state index in [0.29, 0.717) is 18.5 Å². The molecule has 4 nitrogen and oxygen atoms in total. The summed E-state index contributed by atoms with van der Waals surface area (Å²) in [6.07, 6.45) is 0.384. The molecular weight excluding hydrogens is 218 g/mol. The van der Waals surface area contributed by atoms with Gasteiger partial charge in [0, 0.05) is 24.2 Å². The second-order valence-corrected chi connectivity index (χ2v) is 4.11. The first-order valence-corrected chi connectivity index (χ1v) is 5.51. The lowest BCUT2D eigenvalue weighted by Gasteiger charge is -2.26. The molecule has 2 rings (SSSR count). The highest BCUT2D eigenvalue weighted by Gasteiger charge is 2.24. The van der Waals surface area contributed by atoms with Crippen molar-refractivity contribution in [1.29, 1.82) is 0 Å². The Morgan fingerprint density at radius 3 is 2.35 bits per heavy atom. The molecule has 0 N–H and O–H groups in total. The van der Waals surface area contributed by atoms with Crippen LogP contribution in [-0.2, 0) is 9.59 Å². The average Bonchev–Trinajstić information content (AvgIpc) is 2.29. The minimum absolute atomic E-state index is 0.00306. The van der Waals surface area contributed by atoms with Crippen molar-refractivity contribution in [3.05, 3.63) is 29.8 Å². The minimum Gasteiger partial charge on any atom is -0.312 e. The second-order valence-electron chi connectivity index (χ2n) is 4.11. The topological polar surface area (TPSA) is 54.5 Å². The van der Waals surface area contributed by atoms with Crippen molar-refractivity contribution in [3.8, 4) is 0 Å². The Morgan fingerprint density at radius 1 is 1.18 bits per heavy atom. The Morgan fingerprint density at radius 2 is 1.82 bits per heavy atom. The third kappa shape index (κ3) is 2.41. The molecule has 1 aromatic rings. The zero-order valence-electron chi connectivity index (χ0n) is 9.60. The fraction of sp³-hybridized carbons (Fsp3) is 0.308. The standard InChI is InChI=1S/C13H13NO3/c1-9(15)10-2-4-11(5-3-10)14-7-6-12(16)8-13(14)17/h2-5H,6-8H2,1H3. The molecule has 0 atom stereocenters. The van der Waals surface area contributed by atoms with Crippen LogP contribution in [0.15, 0.2) is 24.3 Å². The van der Waals surface area contributed by atoms with E-state index in [1.165, 1.54) is 6.92 Å². The molecule has 1 aliphatic rings. The van der Waals surface area contributed by atoms with Gasteiger partial charge in [-0.05, 0) is 31.2 Å². The third-order valence-electron chi connectivity index (χ3n) is 2.85. The Labute approximate surface area is 99.2 Å². The fourth-order valence-corrected chi connectivity index (χ4v) is 1.86. The van der Waals surface area contributed by atoms with Crippen LogP contribution in [0.2, 0.25) is 0 Å². The monoisotopic (exact) mass is 231 g/mol. The molecule has 0 aromatic heterocycles. The summed E-state index contributed by atoms with van der Waals surface area (Å²) in [7, 11) is 0. The minimum atomic E-state index is -0.170. The maximum Gasteiger partial charge on any atom is 0.234 e. The first kappa shape index (κ1) is 11.5. The van der Waals surface area contributed by atoms with E-state index in [1.807, 2.05) is 0 Å². The maximum absolute atomic E-state index is 11.7. The summed E-state index contributed by atoms with van der Waals surface area (Å²) < 4.78 is 0. The van der Waals surface area contributed by atoms with Crippen LogP contribution < -0.4 is 4.90 Å². The quantitative estimate of drug-likeness (QED) is 0.573. The number of nitrogens with zero attached hydrogens (tertiary/aromatic N) is 1. The number of hydrogen-bond acceptors (Lipinski definition) is 3. The van der Waals surface area contributed by atoms with E-state index in [-0.39, 0.29) is 23.9 Å². The van der Waals surface area contributed by atoms with Crippen LogP contribution in [-0.4, -0.2) is 24.0 Å². The van der Waals surface area contributed by atoms with Gasteiger partial charge < -0.3 is 4.90 Å². The zero-order valence-corrected chi connectivity index (χ0v) is 9.60. The largest absolute Gasteiger partial charge is 0.312 e. The number of rotatable bonds is 2. The van der Waals surface area contributed by atoms with Crippen molar-refractivity contribution < 1.29 is 14.4 Å². The summed E-state index contributed by atoms with van der Waals surface area (Å²) in [6, 6.07) is 6.87. The van der Waals surface area contributed by atoms with E-state index in [9.17, 15) is 14.4 Å². The van der Waals surface area contributed by atoms with Gasteiger partial charge in [-0.2, -0.15) is 0 Å². The predicted molar refractivity (Wildman–Crippen MR) is 63.0 cm³/mol. The highest BCUT2D eigenvalue weighted by atomic mass is 16.2. The van der Waals surface area contributed by atoms with Crippen LogP contribution in [0.25, 0.3) is 0 Å². The van der Waals surface area contributed by atoms with Crippen LogP contribution in [0.5, 0.6) is 0 Å². The van der Waals surface area contributed by atoms with E-state index >= 15 is 0 Å². The molecule has 0 unspecified atom stereocenters. The molecule has 0 saturated carbocycles. The van der Waals surface area contributed by atoms with E-state index in [2.05, 4.69) is 0 Å². The Bertz CT molecular complexity index is 476. The van der Waals surface area contributed by atoms with Gasteiger partial charge in [0.1, 0.15) is 5.78 Å². The fourth-order valence-electron chi connectivity index (χ4n) is 1.86. The van der Waals surface area contributed by atoms with Gasteiger partial charge in [0.25, 0.3) is 0 Å². The lowest BCUT2D eigenvalue weighted by Crippen LogP contribution is -2.39. The van der Waals surface area contributed by atoms with Crippen molar-refractivity contribution in [2.75, 3.05) is 11.4 Å². The normalized spacial score (nSPS) is 16.2. The smallest absolute Gasteiger partial charge is 0.234 e. The van der Waals surface area contributed by atoms with Gasteiger partial charge in [0.2, 0.25) is 5.91 Å². The molecule has 0 bridgehead atoms. The molecule has 0 radical (unpaired) electrons. The van der Waals surface area contributed by atoms with Crippen LogP contribution in [0, 0.1) is 0 Å². The number of carbonyl (C=O) groups is 3. The molecule has 1 heterocycles. The summed E-state index contributed by atoms with van der Waals surface area (Å²) in [6.45, 7) is 1.93. The number of benzene rings is 1. The summed E-state index contributed by atoms with van der Waals surface area (Å²) in [4.78, 5) is 35.5. The second kappa shape index (κ2) is 4.49. The lowest BCUT2D eigenvalue weighted by atomic mass is 10.1. The van der Waals surface area contributed by atoms with Gasteiger partial charge in [-0.15, -0.1) is 0 Å². The highest BCUT2D eigenvalue weighted by molar-refractivity contribution is 6.08. The molecule has 1 aromatic carbocycles. The molecule has 17 heavy (non-hydrogen) atoms. The summed E-state index contributed by atoms with van der Waals surface area (Å²) >= 11 is 0. The number of ketones is 2. The lowest BCUT2D eigenvalue weighted by molar-refractivity contribution is -0.128. The first-order chi connectivity index (χ1) is 8.08. The molecular formula is C13H13NO3. The molecule has 1 aliphatic heterocycles. The van der Waals surface area contributed by atoms with Crippen molar-refractivity contribution >= 4 is 23.2 Å². The van der Waals surface area contributed by atoms with Crippen LogP contribution in [0.1, 0.15) is 30.1 Å². The van der Waals surface area contributed by atoms with Crippen LogP contribution in [0.3, 0.4) is 0 Å². The van der Waals surface area contributed by atoms with E-state index in [4.69, 9.17) is 0 Å². The van der Waals surface area contributed by atoms with Crippen molar-refractivity contribution in [2.24, 2.45) is 0 Å². The Balaban J connectivity index is 2.20. The number of Topliss-reactive ketones (excluding diaryl/α,β-unsaturated/α-hetero) is 2. The molecule has 1 saturated heterocycles. The van der Waals surface area contributed by atoms with Crippen molar-refractivity contribution in [3.63, 3.8) is 0 Å². The van der Waals surface area contributed by atoms with Crippen molar-refractivity contribution in [2.45, 2.75) is 19.8 Å². The molecule has 4 heteroatoms. The van der Waals surface area contributed by atoms with Gasteiger partial charge in [-0.25, -0.2) is 0 Å². The summed E-state index contributed by atoms with van der Waals surface area (Å²) in [5.41, 5.74) is 1.36. The molecule has 88 valence electrons. The van der Waals surface area contributed by atoms with Crippen LogP contribution >= 0.6 is 0 Å². The Kier molecular flexibility index (Phi) is 3.04. The number of piperidine rings is 1.